The second kappa shape index (κ2) is 5.49. The van der Waals surface area contributed by atoms with Gasteiger partial charge in [-0.25, -0.2) is 13.6 Å². The molecule has 2 rings (SSSR count). The Hall–Kier alpha value is -1.09. The molecular weight excluding hydrogens is 350 g/mol. The number of hydrogen-bond donors (Lipinski definition) is 3. The van der Waals surface area contributed by atoms with Gasteiger partial charge >= 0.3 is 0 Å². The molecule has 1 aromatic carbocycles. The predicted octanol–water partition coefficient (Wildman–Crippen LogP) is 2.35. The summed E-state index contributed by atoms with van der Waals surface area (Å²) in [6.45, 7) is 0.505. The number of primary sulfonamides is 1. The van der Waals surface area contributed by atoms with Gasteiger partial charge in [0, 0.05) is 15.0 Å². The zero-order valence-electron chi connectivity index (χ0n) is 9.76. The van der Waals surface area contributed by atoms with Crippen LogP contribution >= 0.6 is 27.3 Å². The molecule has 8 heteroatoms. The molecule has 0 saturated heterocycles. The van der Waals surface area contributed by atoms with Crippen molar-refractivity contribution in [3.05, 3.63) is 39.0 Å². The predicted molar refractivity (Wildman–Crippen MR) is 81.6 cm³/mol. The van der Waals surface area contributed by atoms with E-state index in [-0.39, 0.29) is 4.90 Å². The Kier molecular flexibility index (Phi) is 4.14. The second-order valence-electron chi connectivity index (χ2n) is 3.85. The van der Waals surface area contributed by atoms with Gasteiger partial charge in [-0.05, 0) is 45.6 Å². The first kappa shape index (κ1) is 14.3. The van der Waals surface area contributed by atoms with Crippen LogP contribution in [0.25, 0.3) is 0 Å². The van der Waals surface area contributed by atoms with E-state index in [0.29, 0.717) is 17.9 Å². The first-order valence-corrected chi connectivity index (χ1v) is 8.48. The number of nitrogen functional groups attached to an aromatic ring is 1. The van der Waals surface area contributed by atoms with Crippen LogP contribution in [0.5, 0.6) is 0 Å². The van der Waals surface area contributed by atoms with Crippen LogP contribution in [0.15, 0.2) is 39.0 Å². The average molecular weight is 362 g/mol. The summed E-state index contributed by atoms with van der Waals surface area (Å²) in [5.74, 6) is 0. The standard InChI is InChI=1S/C11H12BrN3O2S2/c12-8-3-4-18-10(8)6-15-9-2-1-7(13)5-11(9)19(14,16)17/h1-5,15H,6,13H2,(H2,14,16,17). The molecule has 0 spiro atoms. The monoisotopic (exact) mass is 361 g/mol. The van der Waals surface area contributed by atoms with Gasteiger partial charge in [0.25, 0.3) is 0 Å². The van der Waals surface area contributed by atoms with Gasteiger partial charge in [-0.15, -0.1) is 11.3 Å². The van der Waals surface area contributed by atoms with E-state index >= 15 is 0 Å². The molecule has 1 heterocycles. The van der Waals surface area contributed by atoms with Gasteiger partial charge in [0.1, 0.15) is 4.90 Å². The van der Waals surface area contributed by atoms with Gasteiger partial charge in [-0.2, -0.15) is 0 Å². The number of hydrogen-bond acceptors (Lipinski definition) is 5. The van der Waals surface area contributed by atoms with Crippen molar-refractivity contribution < 1.29 is 8.42 Å². The van der Waals surface area contributed by atoms with Crippen LogP contribution in [-0.2, 0) is 16.6 Å². The molecule has 0 aliphatic carbocycles. The highest BCUT2D eigenvalue weighted by molar-refractivity contribution is 9.10. The Labute approximate surface area is 123 Å². The van der Waals surface area contributed by atoms with E-state index in [1.807, 2.05) is 11.4 Å². The van der Waals surface area contributed by atoms with Crippen molar-refractivity contribution in [2.75, 3.05) is 11.1 Å². The summed E-state index contributed by atoms with van der Waals surface area (Å²) in [7, 11) is -3.81. The summed E-state index contributed by atoms with van der Waals surface area (Å²) in [6.07, 6.45) is 0. The fourth-order valence-corrected chi connectivity index (χ4v) is 3.73. The van der Waals surface area contributed by atoms with Crippen LogP contribution < -0.4 is 16.2 Å². The zero-order chi connectivity index (χ0) is 14.0. The quantitative estimate of drug-likeness (QED) is 0.727. The van der Waals surface area contributed by atoms with Crippen molar-refractivity contribution >= 4 is 48.7 Å². The second-order valence-corrected chi connectivity index (χ2v) is 7.23. The molecule has 5 nitrogen and oxygen atoms in total. The van der Waals surface area contributed by atoms with Crippen molar-refractivity contribution in [3.8, 4) is 0 Å². The minimum absolute atomic E-state index is 0.000165. The smallest absolute Gasteiger partial charge is 0.240 e. The molecule has 0 bridgehead atoms. The van der Waals surface area contributed by atoms with E-state index in [1.54, 1.807) is 23.5 Å². The molecule has 0 atom stereocenters. The highest BCUT2D eigenvalue weighted by atomic mass is 79.9. The van der Waals surface area contributed by atoms with Gasteiger partial charge in [-0.3, -0.25) is 0 Å². The molecule has 0 amide bonds. The molecule has 1 aromatic heterocycles. The number of anilines is 2. The number of sulfonamides is 1. The largest absolute Gasteiger partial charge is 0.399 e. The first-order valence-electron chi connectivity index (χ1n) is 5.26. The van der Waals surface area contributed by atoms with Gasteiger partial charge in [-0.1, -0.05) is 0 Å². The van der Waals surface area contributed by atoms with Crippen LogP contribution in [0.2, 0.25) is 0 Å². The van der Waals surface area contributed by atoms with Gasteiger partial charge in [0.2, 0.25) is 10.0 Å². The molecule has 0 aliphatic rings. The number of rotatable bonds is 4. The Morgan fingerprint density at radius 2 is 2.05 bits per heavy atom. The van der Waals surface area contributed by atoms with Crippen LogP contribution in [0.1, 0.15) is 4.88 Å². The van der Waals surface area contributed by atoms with Crippen molar-refractivity contribution in [1.29, 1.82) is 0 Å². The van der Waals surface area contributed by atoms with Crippen LogP contribution in [0, 0.1) is 0 Å². The summed E-state index contributed by atoms with van der Waals surface area (Å²) < 4.78 is 24.0. The van der Waals surface area contributed by atoms with E-state index in [4.69, 9.17) is 10.9 Å². The third-order valence-corrected chi connectivity index (χ3v) is 5.32. The average Bonchev–Trinajstić information content (AvgIpc) is 2.72. The summed E-state index contributed by atoms with van der Waals surface area (Å²) >= 11 is 4.99. The highest BCUT2D eigenvalue weighted by Gasteiger charge is 2.14. The summed E-state index contributed by atoms with van der Waals surface area (Å²) in [6, 6.07) is 6.52. The van der Waals surface area contributed by atoms with Crippen molar-refractivity contribution in [2.45, 2.75) is 11.4 Å². The van der Waals surface area contributed by atoms with Crippen LogP contribution in [-0.4, -0.2) is 8.42 Å². The van der Waals surface area contributed by atoms with E-state index in [2.05, 4.69) is 21.2 Å². The van der Waals surface area contributed by atoms with Gasteiger partial charge in [0.05, 0.1) is 12.2 Å². The van der Waals surface area contributed by atoms with Crippen LogP contribution in [0.3, 0.4) is 0 Å². The number of nitrogens with two attached hydrogens (primary N) is 2. The number of thiophene rings is 1. The maximum atomic E-state index is 11.5. The molecule has 0 radical (unpaired) electrons. The summed E-state index contributed by atoms with van der Waals surface area (Å²) in [5.41, 5.74) is 6.38. The Bertz CT molecular complexity index is 698. The van der Waals surface area contributed by atoms with Crippen LogP contribution in [0.4, 0.5) is 11.4 Å². The number of benzene rings is 1. The Morgan fingerprint density at radius 3 is 2.63 bits per heavy atom. The lowest BCUT2D eigenvalue weighted by molar-refractivity contribution is 0.598. The third-order valence-electron chi connectivity index (χ3n) is 2.44. The zero-order valence-corrected chi connectivity index (χ0v) is 13.0. The molecule has 0 saturated carbocycles. The van der Waals surface area contributed by atoms with Crippen molar-refractivity contribution in [3.63, 3.8) is 0 Å². The molecular formula is C11H12BrN3O2S2. The van der Waals surface area contributed by atoms with E-state index < -0.39 is 10.0 Å². The topological polar surface area (TPSA) is 98.2 Å². The maximum absolute atomic E-state index is 11.5. The molecule has 0 fully saturated rings. The summed E-state index contributed by atoms with van der Waals surface area (Å²) in [5, 5.41) is 10.2. The van der Waals surface area contributed by atoms with E-state index in [1.165, 1.54) is 6.07 Å². The molecule has 5 N–H and O–H groups in total. The Balaban J connectivity index is 2.28. The lowest BCUT2D eigenvalue weighted by atomic mass is 10.3. The highest BCUT2D eigenvalue weighted by Crippen LogP contribution is 2.26. The van der Waals surface area contributed by atoms with E-state index in [0.717, 1.165) is 9.35 Å². The molecule has 102 valence electrons. The minimum Gasteiger partial charge on any atom is -0.399 e. The maximum Gasteiger partial charge on any atom is 0.240 e. The SMILES string of the molecule is Nc1ccc(NCc2sccc2Br)c(S(N)(=O)=O)c1. The minimum atomic E-state index is -3.81. The molecule has 2 aromatic rings. The van der Waals surface area contributed by atoms with E-state index in [9.17, 15) is 8.42 Å². The normalized spacial score (nSPS) is 11.5. The lowest BCUT2D eigenvalue weighted by Gasteiger charge is -2.11. The fraction of sp³-hybridized carbons (Fsp3) is 0.0909. The lowest BCUT2D eigenvalue weighted by Crippen LogP contribution is -2.15. The van der Waals surface area contributed by atoms with Gasteiger partial charge < -0.3 is 11.1 Å². The molecule has 0 aliphatic heterocycles. The van der Waals surface area contributed by atoms with Crippen molar-refractivity contribution in [2.24, 2.45) is 5.14 Å². The molecule has 19 heavy (non-hydrogen) atoms. The fourth-order valence-electron chi connectivity index (χ4n) is 1.55. The van der Waals surface area contributed by atoms with Gasteiger partial charge in [0.15, 0.2) is 0 Å². The number of halogens is 1. The Morgan fingerprint density at radius 1 is 1.32 bits per heavy atom. The number of nitrogens with one attached hydrogen (secondary N) is 1. The first-order chi connectivity index (χ1) is 8.88. The summed E-state index contributed by atoms with van der Waals surface area (Å²) in [4.78, 5) is 1.07. The third kappa shape index (κ3) is 3.47. The molecule has 0 unspecified atom stereocenters. The van der Waals surface area contributed by atoms with Crippen molar-refractivity contribution in [1.82, 2.24) is 0 Å².